The summed E-state index contributed by atoms with van der Waals surface area (Å²) in [6.45, 7) is 4.27. The van der Waals surface area contributed by atoms with Gasteiger partial charge in [0.25, 0.3) is 0 Å². The van der Waals surface area contributed by atoms with E-state index >= 15 is 0 Å². The lowest BCUT2D eigenvalue weighted by Crippen LogP contribution is -2.46. The van der Waals surface area contributed by atoms with Gasteiger partial charge in [0.05, 0.1) is 17.8 Å². The SMILES string of the molecule is CN(Cc1cscn1)CC1(CN)CCCOC1. The van der Waals surface area contributed by atoms with Gasteiger partial charge in [0.15, 0.2) is 0 Å². The molecule has 0 aromatic carbocycles. The Balaban J connectivity index is 1.89. The maximum atomic E-state index is 5.94. The molecule has 0 aliphatic carbocycles. The highest BCUT2D eigenvalue weighted by Gasteiger charge is 2.32. The normalized spacial score (nSPS) is 25.4. The molecule has 5 heteroatoms. The van der Waals surface area contributed by atoms with Crippen LogP contribution in [0.2, 0.25) is 0 Å². The predicted molar refractivity (Wildman–Crippen MR) is 70.0 cm³/mol. The van der Waals surface area contributed by atoms with Gasteiger partial charge < -0.3 is 10.5 Å². The summed E-state index contributed by atoms with van der Waals surface area (Å²) in [5.41, 5.74) is 9.10. The summed E-state index contributed by atoms with van der Waals surface area (Å²) in [6.07, 6.45) is 2.30. The van der Waals surface area contributed by atoms with Gasteiger partial charge in [0, 0.05) is 37.0 Å². The Morgan fingerprint density at radius 1 is 1.65 bits per heavy atom. The molecule has 1 fully saturated rings. The van der Waals surface area contributed by atoms with Crippen molar-refractivity contribution in [2.24, 2.45) is 11.1 Å². The van der Waals surface area contributed by atoms with Crippen LogP contribution in [0.25, 0.3) is 0 Å². The van der Waals surface area contributed by atoms with Crippen molar-refractivity contribution in [2.75, 3.05) is 33.4 Å². The molecule has 0 radical (unpaired) electrons. The molecule has 0 bridgehead atoms. The highest BCUT2D eigenvalue weighted by atomic mass is 32.1. The summed E-state index contributed by atoms with van der Waals surface area (Å²) in [6, 6.07) is 0. The van der Waals surface area contributed by atoms with Crippen molar-refractivity contribution < 1.29 is 4.74 Å². The van der Waals surface area contributed by atoms with Crippen LogP contribution in [0.5, 0.6) is 0 Å². The number of thiazole rings is 1. The fraction of sp³-hybridized carbons (Fsp3) is 0.750. The fourth-order valence-electron chi connectivity index (χ4n) is 2.48. The average molecular weight is 255 g/mol. The fourth-order valence-corrected chi connectivity index (χ4v) is 3.03. The van der Waals surface area contributed by atoms with E-state index in [1.807, 2.05) is 5.51 Å². The third-order valence-corrected chi connectivity index (χ3v) is 3.99. The summed E-state index contributed by atoms with van der Waals surface area (Å²) >= 11 is 1.65. The van der Waals surface area contributed by atoms with Crippen LogP contribution in [0, 0.1) is 5.41 Å². The van der Waals surface area contributed by atoms with Gasteiger partial charge in [-0.25, -0.2) is 4.98 Å². The molecule has 0 saturated carbocycles. The number of nitrogens with two attached hydrogens (primary N) is 1. The van der Waals surface area contributed by atoms with Crippen LogP contribution >= 0.6 is 11.3 Å². The van der Waals surface area contributed by atoms with Crippen molar-refractivity contribution in [1.29, 1.82) is 0 Å². The Hall–Kier alpha value is -0.490. The van der Waals surface area contributed by atoms with E-state index in [0.29, 0.717) is 6.54 Å². The summed E-state index contributed by atoms with van der Waals surface area (Å²) in [4.78, 5) is 6.61. The summed E-state index contributed by atoms with van der Waals surface area (Å²) in [5, 5.41) is 2.10. The van der Waals surface area contributed by atoms with E-state index in [1.165, 1.54) is 6.42 Å². The van der Waals surface area contributed by atoms with Crippen LogP contribution in [-0.2, 0) is 11.3 Å². The molecule has 1 unspecified atom stereocenters. The van der Waals surface area contributed by atoms with E-state index in [-0.39, 0.29) is 5.41 Å². The number of aromatic nitrogens is 1. The molecule has 2 heterocycles. The smallest absolute Gasteiger partial charge is 0.0795 e. The minimum Gasteiger partial charge on any atom is -0.381 e. The first-order chi connectivity index (χ1) is 8.24. The third-order valence-electron chi connectivity index (χ3n) is 3.36. The van der Waals surface area contributed by atoms with Gasteiger partial charge in [0.2, 0.25) is 0 Å². The molecule has 17 heavy (non-hydrogen) atoms. The first-order valence-electron chi connectivity index (χ1n) is 6.07. The van der Waals surface area contributed by atoms with Gasteiger partial charge in [0.1, 0.15) is 0 Å². The van der Waals surface area contributed by atoms with Crippen molar-refractivity contribution in [3.05, 3.63) is 16.6 Å². The number of ether oxygens (including phenoxy) is 1. The lowest BCUT2D eigenvalue weighted by atomic mass is 9.82. The van der Waals surface area contributed by atoms with Crippen LogP contribution < -0.4 is 5.73 Å². The molecule has 1 aliphatic rings. The summed E-state index contributed by atoms with van der Waals surface area (Å²) in [5.74, 6) is 0. The van der Waals surface area contributed by atoms with E-state index in [0.717, 1.165) is 38.4 Å². The van der Waals surface area contributed by atoms with Crippen LogP contribution in [0.4, 0.5) is 0 Å². The molecule has 1 aromatic heterocycles. The van der Waals surface area contributed by atoms with E-state index in [9.17, 15) is 0 Å². The Morgan fingerprint density at radius 2 is 2.53 bits per heavy atom. The molecule has 4 nitrogen and oxygen atoms in total. The summed E-state index contributed by atoms with van der Waals surface area (Å²) in [7, 11) is 2.13. The first-order valence-corrected chi connectivity index (χ1v) is 7.02. The van der Waals surface area contributed by atoms with Crippen molar-refractivity contribution in [1.82, 2.24) is 9.88 Å². The Morgan fingerprint density at radius 3 is 3.12 bits per heavy atom. The monoisotopic (exact) mass is 255 g/mol. The quantitative estimate of drug-likeness (QED) is 0.862. The molecule has 2 N–H and O–H groups in total. The number of nitrogens with zero attached hydrogens (tertiary/aromatic N) is 2. The van der Waals surface area contributed by atoms with Crippen LogP contribution in [0.3, 0.4) is 0 Å². The second-order valence-electron chi connectivity index (χ2n) is 5.01. The molecule has 1 aromatic rings. The van der Waals surface area contributed by atoms with E-state index in [4.69, 9.17) is 10.5 Å². The van der Waals surface area contributed by atoms with Crippen molar-refractivity contribution in [3.8, 4) is 0 Å². The average Bonchev–Trinajstić information content (AvgIpc) is 2.83. The van der Waals surface area contributed by atoms with Crippen molar-refractivity contribution in [2.45, 2.75) is 19.4 Å². The summed E-state index contributed by atoms with van der Waals surface area (Å²) < 4.78 is 5.59. The minimum absolute atomic E-state index is 0.142. The van der Waals surface area contributed by atoms with Crippen LogP contribution in [-0.4, -0.2) is 43.2 Å². The van der Waals surface area contributed by atoms with Crippen LogP contribution in [0.1, 0.15) is 18.5 Å². The Kier molecular flexibility index (Phi) is 4.50. The Labute approximate surface area is 107 Å². The highest BCUT2D eigenvalue weighted by Crippen LogP contribution is 2.28. The molecule has 1 aliphatic heterocycles. The zero-order valence-corrected chi connectivity index (χ0v) is 11.2. The topological polar surface area (TPSA) is 51.4 Å². The van der Waals surface area contributed by atoms with Gasteiger partial charge in [-0.15, -0.1) is 11.3 Å². The predicted octanol–water partition coefficient (Wildman–Crippen LogP) is 1.33. The van der Waals surface area contributed by atoms with Gasteiger partial charge in [-0.1, -0.05) is 0 Å². The molecule has 1 atom stereocenters. The van der Waals surface area contributed by atoms with Gasteiger partial charge in [-0.3, -0.25) is 4.90 Å². The highest BCUT2D eigenvalue weighted by molar-refractivity contribution is 7.07. The number of rotatable bonds is 5. The molecule has 0 spiro atoms. The zero-order chi connectivity index (χ0) is 12.1. The zero-order valence-electron chi connectivity index (χ0n) is 10.4. The van der Waals surface area contributed by atoms with Gasteiger partial charge >= 0.3 is 0 Å². The van der Waals surface area contributed by atoms with Gasteiger partial charge in [-0.2, -0.15) is 0 Å². The lowest BCUT2D eigenvalue weighted by molar-refractivity contribution is -0.0193. The molecular formula is C12H21N3OS. The second-order valence-corrected chi connectivity index (χ2v) is 5.73. The van der Waals surface area contributed by atoms with E-state index in [2.05, 4.69) is 22.3 Å². The molecule has 96 valence electrons. The van der Waals surface area contributed by atoms with Crippen molar-refractivity contribution in [3.63, 3.8) is 0 Å². The molecule has 0 amide bonds. The third kappa shape index (κ3) is 3.48. The van der Waals surface area contributed by atoms with Crippen molar-refractivity contribution >= 4 is 11.3 Å². The lowest BCUT2D eigenvalue weighted by Gasteiger charge is -2.38. The first kappa shape index (κ1) is 13.0. The molecule has 2 rings (SSSR count). The van der Waals surface area contributed by atoms with Gasteiger partial charge in [-0.05, 0) is 19.9 Å². The largest absolute Gasteiger partial charge is 0.381 e. The number of hydrogen-bond acceptors (Lipinski definition) is 5. The molecular weight excluding hydrogens is 234 g/mol. The minimum atomic E-state index is 0.142. The van der Waals surface area contributed by atoms with E-state index in [1.54, 1.807) is 11.3 Å². The maximum Gasteiger partial charge on any atom is 0.0795 e. The van der Waals surface area contributed by atoms with Crippen LogP contribution in [0.15, 0.2) is 10.9 Å². The molecule has 1 saturated heterocycles. The second kappa shape index (κ2) is 5.91. The maximum absolute atomic E-state index is 5.94. The van der Waals surface area contributed by atoms with E-state index < -0.39 is 0 Å². The number of hydrogen-bond donors (Lipinski definition) is 1. The Bertz CT molecular complexity index is 323. The standard InChI is InChI=1S/C12H21N3OS/c1-15(5-11-6-17-10-14-11)8-12(7-13)3-2-4-16-9-12/h6,10H,2-5,7-9,13H2,1H3.